The number of hydrogen-bond donors (Lipinski definition) is 0. The summed E-state index contributed by atoms with van der Waals surface area (Å²) in [5.74, 6) is -0.477. The number of alkyl halides is 3. The molecule has 1 aromatic carbocycles. The van der Waals surface area contributed by atoms with Crippen molar-refractivity contribution in [2.24, 2.45) is 5.10 Å². The topological polar surface area (TPSA) is 63.6 Å². The van der Waals surface area contributed by atoms with Gasteiger partial charge >= 0.3 is 11.6 Å². The number of amides is 1. The molecule has 0 aromatic heterocycles. The lowest BCUT2D eigenvalue weighted by molar-refractivity contribution is -0.275. The van der Waals surface area contributed by atoms with Crippen LogP contribution in [0.25, 0.3) is 0 Å². The van der Waals surface area contributed by atoms with Crippen molar-refractivity contribution < 1.29 is 32.2 Å². The molecule has 2 heterocycles. The van der Waals surface area contributed by atoms with Gasteiger partial charge in [0.2, 0.25) is 0 Å². The summed E-state index contributed by atoms with van der Waals surface area (Å²) in [6, 6.07) is 4.16. The lowest BCUT2D eigenvalue weighted by atomic mass is 10.0. The van der Waals surface area contributed by atoms with Crippen molar-refractivity contribution in [3.63, 3.8) is 0 Å². The lowest BCUT2D eigenvalue weighted by Gasteiger charge is -2.31. The average Bonchev–Trinajstić information content (AvgIpc) is 2.72. The Kier molecular flexibility index (Phi) is 7.48. The molecule has 0 radical (unpaired) electrons. The SMILES string of the molecule is CCC1SC(=O)N(CCN2CCOCC2)N=C1c1ccc(OC(F)(F)F)c(OC)c1. The molecule has 0 N–H and O–H groups in total. The number of carbonyl (C=O) groups is 1. The number of methoxy groups -OCH3 is 1. The summed E-state index contributed by atoms with van der Waals surface area (Å²) in [7, 11) is 1.27. The van der Waals surface area contributed by atoms with E-state index in [1.807, 2.05) is 6.92 Å². The van der Waals surface area contributed by atoms with Gasteiger partial charge in [0, 0.05) is 25.2 Å². The second-order valence-corrected chi connectivity index (χ2v) is 7.91. The monoisotopic (exact) mass is 447 g/mol. The van der Waals surface area contributed by atoms with E-state index in [1.54, 1.807) is 0 Å². The Balaban J connectivity index is 1.82. The van der Waals surface area contributed by atoms with E-state index < -0.39 is 12.1 Å². The number of hydrazone groups is 1. The molecule has 1 amide bonds. The molecule has 0 spiro atoms. The summed E-state index contributed by atoms with van der Waals surface area (Å²) < 4.78 is 52.2. The summed E-state index contributed by atoms with van der Waals surface area (Å²) in [4.78, 5) is 14.7. The van der Waals surface area contributed by atoms with E-state index in [1.165, 1.54) is 42.1 Å². The van der Waals surface area contributed by atoms with Gasteiger partial charge in [-0.15, -0.1) is 13.2 Å². The number of thioether (sulfide) groups is 1. The van der Waals surface area contributed by atoms with Crippen molar-refractivity contribution in [3.8, 4) is 11.5 Å². The fraction of sp³-hybridized carbons (Fsp3) is 0.579. The Morgan fingerprint density at radius 3 is 2.60 bits per heavy atom. The fourth-order valence-electron chi connectivity index (χ4n) is 3.23. The maximum Gasteiger partial charge on any atom is 0.573 e. The molecule has 7 nitrogen and oxygen atoms in total. The second kappa shape index (κ2) is 9.88. The predicted molar refractivity (Wildman–Crippen MR) is 107 cm³/mol. The first kappa shape index (κ1) is 22.7. The Bertz CT molecular complexity index is 785. The van der Waals surface area contributed by atoms with Crippen LogP contribution in [0.3, 0.4) is 0 Å². The largest absolute Gasteiger partial charge is 0.573 e. The van der Waals surface area contributed by atoms with Crippen LogP contribution >= 0.6 is 11.8 Å². The highest BCUT2D eigenvalue weighted by Gasteiger charge is 2.34. The smallest absolute Gasteiger partial charge is 0.493 e. The van der Waals surface area contributed by atoms with E-state index in [0.717, 1.165) is 13.1 Å². The number of ether oxygens (including phenoxy) is 3. The van der Waals surface area contributed by atoms with E-state index in [0.29, 0.717) is 44.0 Å². The molecule has 1 saturated heterocycles. The predicted octanol–water partition coefficient (Wildman–Crippen LogP) is 3.58. The van der Waals surface area contributed by atoms with Crippen molar-refractivity contribution in [3.05, 3.63) is 23.8 Å². The molecule has 1 fully saturated rings. The van der Waals surface area contributed by atoms with Crippen LogP contribution in [-0.2, 0) is 4.74 Å². The molecular formula is C19H24F3N3O4S. The quantitative estimate of drug-likeness (QED) is 0.637. The van der Waals surface area contributed by atoms with Crippen LogP contribution in [0.15, 0.2) is 23.3 Å². The minimum atomic E-state index is -4.82. The molecule has 3 rings (SSSR count). The Labute approximate surface area is 177 Å². The van der Waals surface area contributed by atoms with Gasteiger partial charge in [-0.25, -0.2) is 5.01 Å². The standard InChI is InChI=1S/C19H24F3N3O4S/c1-3-16-17(13-4-5-14(15(12-13)27-2)29-19(20,21)22)23-25(18(26)30-16)7-6-24-8-10-28-11-9-24/h4-5,12,16H,3,6-11H2,1-2H3. The van der Waals surface area contributed by atoms with Crippen molar-refractivity contribution in [2.75, 3.05) is 46.5 Å². The number of morpholine rings is 1. The molecule has 166 valence electrons. The molecule has 2 aliphatic heterocycles. The van der Waals surface area contributed by atoms with Gasteiger partial charge in [-0.05, 0) is 24.6 Å². The van der Waals surface area contributed by atoms with Gasteiger partial charge in [0.1, 0.15) is 0 Å². The third kappa shape index (κ3) is 5.79. The Hall–Kier alpha value is -1.98. The van der Waals surface area contributed by atoms with E-state index in [9.17, 15) is 18.0 Å². The zero-order valence-electron chi connectivity index (χ0n) is 16.8. The fourth-order valence-corrected chi connectivity index (χ4v) is 4.19. The summed E-state index contributed by atoms with van der Waals surface area (Å²) in [5, 5.41) is 5.64. The molecule has 30 heavy (non-hydrogen) atoms. The van der Waals surface area contributed by atoms with Crippen molar-refractivity contribution in [2.45, 2.75) is 25.0 Å². The molecule has 0 aliphatic carbocycles. The first-order valence-electron chi connectivity index (χ1n) is 9.61. The first-order valence-corrected chi connectivity index (χ1v) is 10.5. The summed E-state index contributed by atoms with van der Waals surface area (Å²) in [6.07, 6.45) is -4.17. The van der Waals surface area contributed by atoms with Crippen molar-refractivity contribution in [1.82, 2.24) is 9.91 Å². The highest BCUT2D eigenvalue weighted by molar-refractivity contribution is 8.14. The van der Waals surface area contributed by atoms with E-state index in [4.69, 9.17) is 9.47 Å². The van der Waals surface area contributed by atoms with E-state index >= 15 is 0 Å². The van der Waals surface area contributed by atoms with Crippen LogP contribution in [0.1, 0.15) is 18.9 Å². The van der Waals surface area contributed by atoms with Gasteiger partial charge in [0.05, 0.1) is 37.8 Å². The maximum absolute atomic E-state index is 12.6. The first-order chi connectivity index (χ1) is 14.3. The van der Waals surface area contributed by atoms with Gasteiger partial charge in [-0.1, -0.05) is 18.7 Å². The summed E-state index contributed by atoms with van der Waals surface area (Å²) in [6.45, 7) is 5.98. The van der Waals surface area contributed by atoms with Crippen LogP contribution in [0.2, 0.25) is 0 Å². The minimum Gasteiger partial charge on any atom is -0.493 e. The van der Waals surface area contributed by atoms with E-state index in [-0.39, 0.29) is 16.2 Å². The number of nitrogens with zero attached hydrogens (tertiary/aromatic N) is 3. The summed E-state index contributed by atoms with van der Waals surface area (Å²) in [5.41, 5.74) is 1.21. The van der Waals surface area contributed by atoms with Crippen LogP contribution < -0.4 is 9.47 Å². The zero-order chi connectivity index (χ0) is 21.7. The number of benzene rings is 1. The highest BCUT2D eigenvalue weighted by Crippen LogP contribution is 2.35. The molecule has 0 saturated carbocycles. The Morgan fingerprint density at radius 2 is 1.97 bits per heavy atom. The molecule has 2 aliphatic rings. The molecule has 1 atom stereocenters. The average molecular weight is 447 g/mol. The number of carbonyl (C=O) groups excluding carboxylic acids is 1. The number of halogens is 3. The molecule has 1 unspecified atom stereocenters. The zero-order valence-corrected chi connectivity index (χ0v) is 17.6. The normalized spacial score (nSPS) is 20.8. The van der Waals surface area contributed by atoms with Gasteiger partial charge < -0.3 is 14.2 Å². The third-order valence-corrected chi connectivity index (χ3v) is 6.03. The third-order valence-electron chi connectivity index (χ3n) is 4.77. The minimum absolute atomic E-state index is 0.0517. The van der Waals surface area contributed by atoms with Gasteiger partial charge in [-0.2, -0.15) is 5.10 Å². The highest BCUT2D eigenvalue weighted by atomic mass is 32.2. The van der Waals surface area contributed by atoms with E-state index in [2.05, 4.69) is 14.7 Å². The summed E-state index contributed by atoms with van der Waals surface area (Å²) >= 11 is 1.17. The van der Waals surface area contributed by atoms with Crippen LogP contribution in [-0.4, -0.2) is 79.0 Å². The molecular weight excluding hydrogens is 423 g/mol. The van der Waals surface area contributed by atoms with Crippen LogP contribution in [0.4, 0.5) is 18.0 Å². The van der Waals surface area contributed by atoms with Gasteiger partial charge in [0.15, 0.2) is 11.5 Å². The van der Waals surface area contributed by atoms with Gasteiger partial charge in [0.25, 0.3) is 0 Å². The molecule has 0 bridgehead atoms. The number of hydrogen-bond acceptors (Lipinski definition) is 7. The maximum atomic E-state index is 12.6. The molecule has 11 heteroatoms. The van der Waals surface area contributed by atoms with Crippen LogP contribution in [0, 0.1) is 0 Å². The molecule has 1 aromatic rings. The van der Waals surface area contributed by atoms with Crippen molar-refractivity contribution in [1.29, 1.82) is 0 Å². The van der Waals surface area contributed by atoms with Crippen molar-refractivity contribution >= 4 is 22.7 Å². The Morgan fingerprint density at radius 1 is 1.23 bits per heavy atom. The van der Waals surface area contributed by atoms with Gasteiger partial charge in [-0.3, -0.25) is 9.69 Å². The lowest BCUT2D eigenvalue weighted by Crippen LogP contribution is -2.43. The second-order valence-electron chi connectivity index (χ2n) is 6.76. The van der Waals surface area contributed by atoms with Crippen LogP contribution in [0.5, 0.6) is 11.5 Å². The number of rotatable bonds is 7.